The average Bonchev–Trinajstić information content (AvgIpc) is 2.93. The molecule has 0 unspecified atom stereocenters. The zero-order valence-electron chi connectivity index (χ0n) is 9.92. The third-order valence-corrected chi connectivity index (χ3v) is 3.60. The third-order valence-electron chi connectivity index (χ3n) is 3.60. The van der Waals surface area contributed by atoms with Crippen molar-refractivity contribution in [3.8, 4) is 0 Å². The van der Waals surface area contributed by atoms with Gasteiger partial charge in [-0.15, -0.1) is 0 Å². The van der Waals surface area contributed by atoms with Gasteiger partial charge in [0.15, 0.2) is 0 Å². The van der Waals surface area contributed by atoms with E-state index >= 15 is 0 Å². The second-order valence-corrected chi connectivity index (χ2v) is 5.24. The van der Waals surface area contributed by atoms with Gasteiger partial charge in [0.05, 0.1) is 0 Å². The van der Waals surface area contributed by atoms with E-state index in [1.54, 1.807) is 0 Å². The highest BCUT2D eigenvalue weighted by atomic mass is 16.2. The maximum absolute atomic E-state index is 12.2. The summed E-state index contributed by atoms with van der Waals surface area (Å²) in [4.78, 5) is 14.2. The van der Waals surface area contributed by atoms with Gasteiger partial charge < -0.3 is 4.90 Å². The summed E-state index contributed by atoms with van der Waals surface area (Å²) in [6.45, 7) is 3.84. The normalized spacial score (nSPS) is 19.1. The Labute approximate surface area is 97.0 Å². The first-order valence-electron chi connectivity index (χ1n) is 6.04. The summed E-state index contributed by atoms with van der Waals surface area (Å²) in [6, 6.07) is 4.27. The van der Waals surface area contributed by atoms with Gasteiger partial charge in [-0.1, -0.05) is 17.6 Å². The van der Waals surface area contributed by atoms with Crippen LogP contribution in [0.25, 0.3) is 0 Å². The molecule has 1 aliphatic carbocycles. The molecule has 1 aromatic carbocycles. The largest absolute Gasteiger partial charge is 0.334 e. The first-order valence-corrected chi connectivity index (χ1v) is 6.04. The smallest absolute Gasteiger partial charge is 0.254 e. The van der Waals surface area contributed by atoms with E-state index in [1.165, 1.54) is 23.9 Å². The quantitative estimate of drug-likeness (QED) is 0.659. The molecular weight excluding hydrogens is 197 g/mol. The molecular formula is C13H16BNO. The van der Waals surface area contributed by atoms with Crippen LogP contribution in [0.3, 0.4) is 0 Å². The van der Waals surface area contributed by atoms with Gasteiger partial charge in [-0.3, -0.25) is 4.79 Å². The molecule has 82 valence electrons. The Kier molecular flexibility index (Phi) is 2.10. The molecule has 0 bridgehead atoms. The van der Waals surface area contributed by atoms with Crippen molar-refractivity contribution in [2.75, 3.05) is 6.54 Å². The molecule has 0 aromatic heterocycles. The number of rotatable bonds is 2. The van der Waals surface area contributed by atoms with E-state index in [0.29, 0.717) is 0 Å². The second kappa shape index (κ2) is 3.37. The van der Waals surface area contributed by atoms with E-state index in [2.05, 4.69) is 20.0 Å². The Morgan fingerprint density at radius 3 is 2.88 bits per heavy atom. The number of carbonyl (C=O) groups excluding carboxylic acids is 1. The van der Waals surface area contributed by atoms with Crippen molar-refractivity contribution in [2.24, 2.45) is 5.92 Å². The molecule has 3 heteroatoms. The molecule has 0 N–H and O–H groups in total. The van der Waals surface area contributed by atoms with Gasteiger partial charge in [-0.05, 0) is 36.8 Å². The van der Waals surface area contributed by atoms with Gasteiger partial charge in [0.1, 0.15) is 7.85 Å². The predicted molar refractivity (Wildman–Crippen MR) is 66.8 cm³/mol. The molecule has 1 amide bonds. The molecule has 1 aliphatic heterocycles. The lowest BCUT2D eigenvalue weighted by atomic mass is 9.90. The molecule has 1 heterocycles. The number of nitrogens with zero attached hydrogens (tertiary/aromatic N) is 1. The van der Waals surface area contributed by atoms with Gasteiger partial charge in [0.25, 0.3) is 5.91 Å². The summed E-state index contributed by atoms with van der Waals surface area (Å²) in [7, 11) is 2.10. The lowest BCUT2D eigenvalue weighted by molar-refractivity contribution is 0.0770. The minimum atomic E-state index is 0.249. The number of hydrogen-bond acceptors (Lipinski definition) is 1. The summed E-state index contributed by atoms with van der Waals surface area (Å²) in [5.74, 6) is 1.03. The van der Waals surface area contributed by atoms with Crippen molar-refractivity contribution in [1.82, 2.24) is 4.90 Å². The number of hydrogen-bond donors (Lipinski definition) is 0. The summed E-state index contributed by atoms with van der Waals surface area (Å²) >= 11 is 0. The predicted octanol–water partition coefficient (Wildman–Crippen LogP) is 0.619. The summed E-state index contributed by atoms with van der Waals surface area (Å²) in [5, 5.41) is 0. The van der Waals surface area contributed by atoms with E-state index < -0.39 is 0 Å². The van der Waals surface area contributed by atoms with Gasteiger partial charge in [-0.2, -0.15) is 0 Å². The van der Waals surface area contributed by atoms with Crippen molar-refractivity contribution < 1.29 is 4.79 Å². The molecule has 1 fully saturated rings. The van der Waals surface area contributed by atoms with Crippen LogP contribution in [-0.4, -0.2) is 25.2 Å². The average molecular weight is 213 g/mol. The monoisotopic (exact) mass is 213 g/mol. The highest BCUT2D eigenvalue weighted by Gasteiger charge is 2.33. The van der Waals surface area contributed by atoms with E-state index in [-0.39, 0.29) is 5.91 Å². The summed E-state index contributed by atoms with van der Waals surface area (Å²) in [6.07, 6.45) is 2.61. The molecule has 0 radical (unpaired) electrons. The molecule has 3 rings (SSSR count). The van der Waals surface area contributed by atoms with Gasteiger partial charge in [0, 0.05) is 18.7 Å². The molecule has 0 saturated heterocycles. The van der Waals surface area contributed by atoms with Crippen LogP contribution in [0.2, 0.25) is 0 Å². The Morgan fingerprint density at radius 1 is 1.44 bits per heavy atom. The van der Waals surface area contributed by atoms with Crippen LogP contribution in [0, 0.1) is 12.8 Å². The number of amides is 1. The Hall–Kier alpha value is -1.25. The number of benzene rings is 1. The number of fused-ring (bicyclic) bond motifs is 1. The van der Waals surface area contributed by atoms with E-state index in [0.717, 1.165) is 30.1 Å². The van der Waals surface area contributed by atoms with Crippen LogP contribution >= 0.6 is 0 Å². The van der Waals surface area contributed by atoms with E-state index in [9.17, 15) is 4.79 Å². The topological polar surface area (TPSA) is 20.3 Å². The maximum atomic E-state index is 12.2. The second-order valence-electron chi connectivity index (χ2n) is 5.24. The highest BCUT2D eigenvalue weighted by molar-refractivity contribution is 6.32. The highest BCUT2D eigenvalue weighted by Crippen LogP contribution is 2.33. The lowest BCUT2D eigenvalue weighted by Gasteiger charge is -2.14. The summed E-state index contributed by atoms with van der Waals surface area (Å²) < 4.78 is 0. The first-order chi connectivity index (χ1) is 7.65. The zero-order chi connectivity index (χ0) is 11.3. The minimum absolute atomic E-state index is 0.249. The molecule has 2 aliphatic rings. The van der Waals surface area contributed by atoms with Crippen LogP contribution in [0.4, 0.5) is 0 Å². The van der Waals surface area contributed by atoms with Crippen LogP contribution in [0.1, 0.15) is 34.3 Å². The molecule has 1 aromatic rings. The molecule has 1 saturated carbocycles. The molecule has 16 heavy (non-hydrogen) atoms. The fraction of sp³-hybridized carbons (Fsp3) is 0.462. The van der Waals surface area contributed by atoms with E-state index in [1.807, 2.05) is 11.8 Å². The molecule has 2 nitrogen and oxygen atoms in total. The van der Waals surface area contributed by atoms with Crippen LogP contribution in [0.15, 0.2) is 12.1 Å². The van der Waals surface area contributed by atoms with Crippen LogP contribution in [-0.2, 0) is 6.54 Å². The summed E-state index contributed by atoms with van der Waals surface area (Å²) in [5.41, 5.74) is 4.59. The SMILES string of the molecule is Bc1cc(C)c2c(c1)CN(CC1CC1)C2=O. The lowest BCUT2D eigenvalue weighted by Crippen LogP contribution is -2.26. The maximum Gasteiger partial charge on any atom is 0.254 e. The Balaban J connectivity index is 1.93. The van der Waals surface area contributed by atoms with Gasteiger partial charge in [0.2, 0.25) is 0 Å². The van der Waals surface area contributed by atoms with Gasteiger partial charge in [-0.25, -0.2) is 0 Å². The Bertz CT molecular complexity index is 465. The fourth-order valence-corrected chi connectivity index (χ4v) is 2.68. The third kappa shape index (κ3) is 1.55. The van der Waals surface area contributed by atoms with Gasteiger partial charge >= 0.3 is 0 Å². The van der Waals surface area contributed by atoms with Crippen molar-refractivity contribution in [3.63, 3.8) is 0 Å². The molecule has 0 spiro atoms. The van der Waals surface area contributed by atoms with E-state index in [4.69, 9.17) is 0 Å². The standard InChI is InChI=1S/C13H16BNO/c1-8-4-11(14)5-10-7-15(6-9-2-3-9)13(16)12(8)10/h4-5,9H,2-3,6-7,14H2,1H3. The fourth-order valence-electron chi connectivity index (χ4n) is 2.68. The van der Waals surface area contributed by atoms with Crippen molar-refractivity contribution in [1.29, 1.82) is 0 Å². The van der Waals surface area contributed by atoms with Crippen LogP contribution < -0.4 is 5.46 Å². The van der Waals surface area contributed by atoms with Crippen molar-refractivity contribution >= 4 is 19.2 Å². The zero-order valence-corrected chi connectivity index (χ0v) is 9.92. The van der Waals surface area contributed by atoms with Crippen molar-refractivity contribution in [3.05, 3.63) is 28.8 Å². The number of carbonyl (C=O) groups is 1. The van der Waals surface area contributed by atoms with Crippen LogP contribution in [0.5, 0.6) is 0 Å². The van der Waals surface area contributed by atoms with Crippen molar-refractivity contribution in [2.45, 2.75) is 26.3 Å². The minimum Gasteiger partial charge on any atom is -0.334 e. The number of aryl methyl sites for hydroxylation is 1. The first kappa shape index (κ1) is 9.94. The Morgan fingerprint density at radius 2 is 2.19 bits per heavy atom. The molecule has 0 atom stereocenters.